The Morgan fingerprint density at radius 1 is 1.04 bits per heavy atom. The van der Waals surface area contributed by atoms with Gasteiger partial charge in [0.05, 0.1) is 34.6 Å². The fraction of sp³-hybridized carbons (Fsp3) is 0.278. The zero-order valence-corrected chi connectivity index (χ0v) is 13.6. The van der Waals surface area contributed by atoms with Crippen LogP contribution in [0.25, 0.3) is 11.0 Å². The van der Waals surface area contributed by atoms with Crippen molar-refractivity contribution >= 4 is 22.4 Å². The third kappa shape index (κ3) is 3.14. The summed E-state index contributed by atoms with van der Waals surface area (Å²) in [5.74, 6) is 0. The zero-order valence-electron chi connectivity index (χ0n) is 13.6. The van der Waals surface area contributed by atoms with Gasteiger partial charge >= 0.3 is 0 Å². The maximum atomic E-state index is 4.36. The molecule has 0 amide bonds. The summed E-state index contributed by atoms with van der Waals surface area (Å²) in [5, 5.41) is 7.05. The second-order valence-electron chi connectivity index (χ2n) is 6.22. The molecule has 122 valence electrons. The number of pyridine rings is 1. The number of aromatic nitrogens is 3. The molecule has 0 atom stereocenters. The summed E-state index contributed by atoms with van der Waals surface area (Å²) in [5.41, 5.74) is 5.12. The molecule has 24 heavy (non-hydrogen) atoms. The highest BCUT2D eigenvalue weighted by molar-refractivity contribution is 5.74. The number of anilines is 2. The van der Waals surface area contributed by atoms with Crippen LogP contribution in [0.3, 0.4) is 0 Å². The highest BCUT2D eigenvalue weighted by Crippen LogP contribution is 2.23. The topological polar surface area (TPSA) is 66.0 Å². The number of hydrogen-bond acceptors (Lipinski definition) is 6. The average Bonchev–Trinajstić information content (AvgIpc) is 2.59. The lowest BCUT2D eigenvalue weighted by Crippen LogP contribution is -2.52. The number of likely N-dealkylation sites (tertiary alicyclic amines) is 1. The van der Waals surface area contributed by atoms with Crippen LogP contribution in [-0.2, 0) is 6.54 Å². The van der Waals surface area contributed by atoms with Crippen LogP contribution in [-0.4, -0.2) is 46.0 Å². The third-order valence-corrected chi connectivity index (χ3v) is 4.26. The van der Waals surface area contributed by atoms with E-state index in [2.05, 4.69) is 49.7 Å². The Morgan fingerprint density at radius 3 is 2.71 bits per heavy atom. The van der Waals surface area contributed by atoms with E-state index in [1.807, 2.05) is 24.5 Å². The molecule has 0 aliphatic carbocycles. The first-order valence-electron chi connectivity index (χ1n) is 8.10. The van der Waals surface area contributed by atoms with Gasteiger partial charge in [0, 0.05) is 38.2 Å². The van der Waals surface area contributed by atoms with Gasteiger partial charge in [0.2, 0.25) is 0 Å². The summed E-state index contributed by atoms with van der Waals surface area (Å²) in [7, 11) is 2.13. The predicted octanol–water partition coefficient (Wildman–Crippen LogP) is 2.36. The molecule has 6 heteroatoms. The minimum atomic E-state index is 0.508. The molecule has 1 aromatic carbocycles. The van der Waals surface area contributed by atoms with E-state index in [9.17, 15) is 0 Å². The summed E-state index contributed by atoms with van der Waals surface area (Å²) < 4.78 is 0. The fourth-order valence-electron chi connectivity index (χ4n) is 2.99. The molecule has 0 saturated carbocycles. The van der Waals surface area contributed by atoms with E-state index >= 15 is 0 Å². The van der Waals surface area contributed by atoms with E-state index in [0.717, 1.165) is 42.0 Å². The molecule has 0 bridgehead atoms. The Balaban J connectivity index is 1.46. The molecule has 4 rings (SSSR count). The van der Waals surface area contributed by atoms with Crippen molar-refractivity contribution in [2.75, 3.05) is 30.8 Å². The highest BCUT2D eigenvalue weighted by Gasteiger charge is 2.23. The lowest BCUT2D eigenvalue weighted by molar-refractivity contribution is 0.205. The Kier molecular flexibility index (Phi) is 3.96. The van der Waals surface area contributed by atoms with Gasteiger partial charge in [0.1, 0.15) is 0 Å². The van der Waals surface area contributed by atoms with Crippen LogP contribution in [0.5, 0.6) is 0 Å². The van der Waals surface area contributed by atoms with Crippen molar-refractivity contribution in [3.63, 3.8) is 0 Å². The first-order valence-corrected chi connectivity index (χ1v) is 8.10. The monoisotopic (exact) mass is 320 g/mol. The molecule has 6 nitrogen and oxygen atoms in total. The van der Waals surface area contributed by atoms with Crippen molar-refractivity contribution < 1.29 is 0 Å². The summed E-state index contributed by atoms with van der Waals surface area (Å²) in [4.78, 5) is 15.2. The number of rotatable bonds is 5. The van der Waals surface area contributed by atoms with Crippen LogP contribution in [0.1, 0.15) is 5.56 Å². The van der Waals surface area contributed by atoms with Crippen molar-refractivity contribution in [1.82, 2.24) is 19.9 Å². The molecule has 1 saturated heterocycles. The number of nitrogens with zero attached hydrogens (tertiary/aromatic N) is 4. The standard InChI is InChI=1S/C18H20N6/c1-24-11-14(12-24)23-16-4-5-19-10-18(16)22-9-13-2-3-15-17(8-13)21-7-6-20-15/h2-8,10,14,22H,9,11-12H2,1H3,(H,19,23). The Bertz CT molecular complexity index is 844. The van der Waals surface area contributed by atoms with Gasteiger partial charge in [-0.1, -0.05) is 6.07 Å². The number of hydrogen-bond donors (Lipinski definition) is 2. The molecule has 1 aliphatic heterocycles. The quantitative estimate of drug-likeness (QED) is 0.752. The summed E-state index contributed by atoms with van der Waals surface area (Å²) in [6.07, 6.45) is 7.12. The van der Waals surface area contributed by atoms with Gasteiger partial charge in [0.25, 0.3) is 0 Å². The molecule has 3 heterocycles. The summed E-state index contributed by atoms with van der Waals surface area (Å²) in [6, 6.07) is 8.68. The van der Waals surface area contributed by atoms with E-state index in [-0.39, 0.29) is 0 Å². The maximum Gasteiger partial charge on any atom is 0.0890 e. The SMILES string of the molecule is CN1CC(Nc2ccncc2NCc2ccc3nccnc3c2)C1. The lowest BCUT2D eigenvalue weighted by Gasteiger charge is -2.37. The molecular formula is C18H20N6. The van der Waals surface area contributed by atoms with Crippen LogP contribution >= 0.6 is 0 Å². The number of benzene rings is 1. The second kappa shape index (κ2) is 6.41. The van der Waals surface area contributed by atoms with Gasteiger partial charge in [-0.15, -0.1) is 0 Å². The van der Waals surface area contributed by atoms with Gasteiger partial charge in [-0.3, -0.25) is 15.0 Å². The van der Waals surface area contributed by atoms with Crippen LogP contribution in [0, 0.1) is 0 Å². The Morgan fingerprint density at radius 2 is 1.88 bits per heavy atom. The van der Waals surface area contributed by atoms with Crippen molar-refractivity contribution in [2.45, 2.75) is 12.6 Å². The molecular weight excluding hydrogens is 300 g/mol. The van der Waals surface area contributed by atoms with Crippen LogP contribution in [0.2, 0.25) is 0 Å². The van der Waals surface area contributed by atoms with Crippen molar-refractivity contribution in [3.8, 4) is 0 Å². The lowest BCUT2D eigenvalue weighted by atomic mass is 10.1. The van der Waals surface area contributed by atoms with Crippen LogP contribution in [0.15, 0.2) is 49.1 Å². The van der Waals surface area contributed by atoms with Gasteiger partial charge in [-0.25, -0.2) is 0 Å². The van der Waals surface area contributed by atoms with E-state index in [1.54, 1.807) is 12.4 Å². The average molecular weight is 320 g/mol. The molecule has 1 fully saturated rings. The van der Waals surface area contributed by atoms with Crippen molar-refractivity contribution in [1.29, 1.82) is 0 Å². The minimum absolute atomic E-state index is 0.508. The number of likely N-dealkylation sites (N-methyl/N-ethyl adjacent to an activating group) is 1. The molecule has 1 aliphatic rings. The van der Waals surface area contributed by atoms with Crippen LogP contribution in [0.4, 0.5) is 11.4 Å². The molecule has 2 N–H and O–H groups in total. The fourth-order valence-corrected chi connectivity index (χ4v) is 2.99. The van der Waals surface area contributed by atoms with Crippen molar-refractivity contribution in [2.24, 2.45) is 0 Å². The summed E-state index contributed by atoms with van der Waals surface area (Å²) in [6.45, 7) is 2.87. The van der Waals surface area contributed by atoms with E-state index in [0.29, 0.717) is 6.04 Å². The first kappa shape index (κ1) is 14.8. The van der Waals surface area contributed by atoms with Gasteiger partial charge in [-0.05, 0) is 30.8 Å². The molecule has 3 aromatic rings. The molecule has 2 aromatic heterocycles. The molecule has 0 spiro atoms. The van der Waals surface area contributed by atoms with E-state index in [1.165, 1.54) is 5.56 Å². The smallest absolute Gasteiger partial charge is 0.0890 e. The number of nitrogens with one attached hydrogen (secondary N) is 2. The highest BCUT2D eigenvalue weighted by atomic mass is 15.2. The second-order valence-corrected chi connectivity index (χ2v) is 6.22. The normalized spacial score (nSPS) is 15.2. The van der Waals surface area contributed by atoms with Crippen molar-refractivity contribution in [3.05, 3.63) is 54.6 Å². The zero-order chi connectivity index (χ0) is 16.4. The predicted molar refractivity (Wildman–Crippen MR) is 96.0 cm³/mol. The van der Waals surface area contributed by atoms with Crippen LogP contribution < -0.4 is 10.6 Å². The van der Waals surface area contributed by atoms with E-state index in [4.69, 9.17) is 0 Å². The maximum absolute atomic E-state index is 4.36. The summed E-state index contributed by atoms with van der Waals surface area (Å²) >= 11 is 0. The third-order valence-electron chi connectivity index (χ3n) is 4.26. The van der Waals surface area contributed by atoms with Gasteiger partial charge < -0.3 is 15.5 Å². The van der Waals surface area contributed by atoms with Gasteiger partial charge in [-0.2, -0.15) is 0 Å². The van der Waals surface area contributed by atoms with E-state index < -0.39 is 0 Å². The number of fused-ring (bicyclic) bond motifs is 1. The molecule has 0 radical (unpaired) electrons. The minimum Gasteiger partial charge on any atom is -0.378 e. The Labute approximate surface area is 141 Å². The van der Waals surface area contributed by atoms with Gasteiger partial charge in [0.15, 0.2) is 0 Å². The largest absolute Gasteiger partial charge is 0.378 e. The molecule has 0 unspecified atom stereocenters. The first-order chi connectivity index (χ1) is 11.8. The Hall–Kier alpha value is -2.73.